The standard InChI is InChI=1S/C17H20O3/c1-11-12(2)20-13(3)17(11)16(18)10-7-14-5-8-15(19-4)9-6-14/h5-6,8-9H,7,10H2,1-4H3. The van der Waals surface area contributed by atoms with Gasteiger partial charge in [-0.25, -0.2) is 0 Å². The van der Waals surface area contributed by atoms with Crippen LogP contribution in [0.25, 0.3) is 0 Å². The van der Waals surface area contributed by atoms with E-state index in [4.69, 9.17) is 9.15 Å². The third-order valence-corrected chi connectivity index (χ3v) is 3.64. The SMILES string of the molecule is COc1ccc(CCC(=O)c2c(C)oc(C)c2C)cc1. The smallest absolute Gasteiger partial charge is 0.166 e. The Morgan fingerprint density at radius 3 is 2.25 bits per heavy atom. The Hall–Kier alpha value is -2.03. The summed E-state index contributed by atoms with van der Waals surface area (Å²) in [6.07, 6.45) is 1.22. The first-order valence-corrected chi connectivity index (χ1v) is 6.75. The van der Waals surface area contributed by atoms with Crippen LogP contribution in [-0.4, -0.2) is 12.9 Å². The molecule has 0 spiro atoms. The molecule has 2 rings (SSSR count). The summed E-state index contributed by atoms with van der Waals surface area (Å²) in [5.41, 5.74) is 2.84. The molecule has 0 aliphatic rings. The summed E-state index contributed by atoms with van der Waals surface area (Å²) >= 11 is 0. The molecule has 0 unspecified atom stereocenters. The van der Waals surface area contributed by atoms with Crippen molar-refractivity contribution < 1.29 is 13.9 Å². The van der Waals surface area contributed by atoms with Crippen LogP contribution in [-0.2, 0) is 6.42 Å². The Morgan fingerprint density at radius 1 is 1.10 bits per heavy atom. The lowest BCUT2D eigenvalue weighted by Gasteiger charge is -2.04. The van der Waals surface area contributed by atoms with Gasteiger partial charge in [0.05, 0.1) is 12.7 Å². The minimum Gasteiger partial charge on any atom is -0.497 e. The van der Waals surface area contributed by atoms with Gasteiger partial charge in [-0.3, -0.25) is 4.79 Å². The Balaban J connectivity index is 2.04. The maximum absolute atomic E-state index is 12.3. The zero-order valence-electron chi connectivity index (χ0n) is 12.4. The third-order valence-electron chi connectivity index (χ3n) is 3.64. The number of furan rings is 1. The molecular formula is C17H20O3. The van der Waals surface area contributed by atoms with Crippen LogP contribution in [0.1, 0.15) is 39.4 Å². The van der Waals surface area contributed by atoms with Crippen LogP contribution in [0.5, 0.6) is 5.75 Å². The number of benzene rings is 1. The van der Waals surface area contributed by atoms with Crippen molar-refractivity contribution in [1.29, 1.82) is 0 Å². The van der Waals surface area contributed by atoms with Gasteiger partial charge < -0.3 is 9.15 Å². The van der Waals surface area contributed by atoms with Gasteiger partial charge in [-0.2, -0.15) is 0 Å². The number of hydrogen-bond donors (Lipinski definition) is 0. The molecule has 1 heterocycles. The number of Topliss-reactive ketones (excluding diaryl/α,β-unsaturated/α-hetero) is 1. The van der Waals surface area contributed by atoms with Crippen LogP contribution in [0.4, 0.5) is 0 Å². The first kappa shape index (κ1) is 14.4. The molecule has 0 saturated heterocycles. The summed E-state index contributed by atoms with van der Waals surface area (Å²) in [5.74, 6) is 2.53. The highest BCUT2D eigenvalue weighted by molar-refractivity contribution is 5.98. The van der Waals surface area contributed by atoms with Gasteiger partial charge in [0.1, 0.15) is 17.3 Å². The van der Waals surface area contributed by atoms with Crippen molar-refractivity contribution >= 4 is 5.78 Å². The summed E-state index contributed by atoms with van der Waals surface area (Å²) in [6, 6.07) is 7.81. The first-order valence-electron chi connectivity index (χ1n) is 6.75. The van der Waals surface area contributed by atoms with Crippen molar-refractivity contribution in [1.82, 2.24) is 0 Å². The molecule has 0 N–H and O–H groups in total. The molecule has 1 aromatic carbocycles. The Morgan fingerprint density at radius 2 is 1.75 bits per heavy atom. The largest absolute Gasteiger partial charge is 0.497 e. The van der Waals surface area contributed by atoms with Gasteiger partial charge in [-0.05, 0) is 44.9 Å². The number of ketones is 1. The van der Waals surface area contributed by atoms with E-state index in [1.54, 1.807) is 7.11 Å². The molecule has 106 valence electrons. The second kappa shape index (κ2) is 5.95. The normalized spacial score (nSPS) is 10.6. The van der Waals surface area contributed by atoms with Gasteiger partial charge >= 0.3 is 0 Å². The number of carbonyl (C=O) groups is 1. The fraction of sp³-hybridized carbons (Fsp3) is 0.353. The molecular weight excluding hydrogens is 252 g/mol. The van der Waals surface area contributed by atoms with Crippen LogP contribution in [0.2, 0.25) is 0 Å². The molecule has 1 aromatic heterocycles. The van der Waals surface area contributed by atoms with Crippen LogP contribution in [0.15, 0.2) is 28.7 Å². The van der Waals surface area contributed by atoms with Crippen molar-refractivity contribution in [2.45, 2.75) is 33.6 Å². The highest BCUT2D eigenvalue weighted by Crippen LogP contribution is 2.23. The van der Waals surface area contributed by atoms with Gasteiger partial charge in [0.15, 0.2) is 5.78 Å². The van der Waals surface area contributed by atoms with Gasteiger partial charge in [-0.1, -0.05) is 12.1 Å². The van der Waals surface area contributed by atoms with E-state index in [0.717, 1.165) is 40.4 Å². The van der Waals surface area contributed by atoms with Crippen LogP contribution in [0, 0.1) is 20.8 Å². The molecule has 0 radical (unpaired) electrons. The monoisotopic (exact) mass is 272 g/mol. The summed E-state index contributed by atoms with van der Waals surface area (Å²) in [5, 5.41) is 0. The quantitative estimate of drug-likeness (QED) is 0.771. The summed E-state index contributed by atoms with van der Waals surface area (Å²) < 4.78 is 10.6. The first-order chi connectivity index (χ1) is 9.52. The van der Waals surface area contributed by atoms with E-state index in [1.165, 1.54) is 0 Å². The molecule has 0 aliphatic carbocycles. The minimum atomic E-state index is 0.146. The second-order valence-electron chi connectivity index (χ2n) is 4.99. The number of rotatable bonds is 5. The lowest BCUT2D eigenvalue weighted by Crippen LogP contribution is -2.03. The number of methoxy groups -OCH3 is 1. The van der Waals surface area contributed by atoms with Gasteiger partial charge in [0.25, 0.3) is 0 Å². The molecule has 0 amide bonds. The lowest BCUT2D eigenvalue weighted by atomic mass is 10.00. The maximum Gasteiger partial charge on any atom is 0.166 e. The van der Waals surface area contributed by atoms with E-state index in [2.05, 4.69) is 0 Å². The molecule has 3 nitrogen and oxygen atoms in total. The highest BCUT2D eigenvalue weighted by atomic mass is 16.5. The zero-order chi connectivity index (χ0) is 14.7. The van der Waals surface area contributed by atoms with Crippen LogP contribution >= 0.6 is 0 Å². The van der Waals surface area contributed by atoms with E-state index < -0.39 is 0 Å². The number of aryl methyl sites for hydroxylation is 3. The molecule has 0 bridgehead atoms. The average Bonchev–Trinajstić information content (AvgIpc) is 2.70. The Kier molecular flexibility index (Phi) is 4.28. The molecule has 0 fully saturated rings. The second-order valence-corrected chi connectivity index (χ2v) is 4.99. The Labute approximate surface area is 119 Å². The minimum absolute atomic E-state index is 0.146. The topological polar surface area (TPSA) is 39.4 Å². The number of carbonyl (C=O) groups excluding carboxylic acids is 1. The van der Waals surface area contributed by atoms with Gasteiger partial charge in [0.2, 0.25) is 0 Å². The predicted octanol–water partition coefficient (Wildman–Crippen LogP) is 4.03. The van der Waals surface area contributed by atoms with Crippen molar-refractivity contribution in [2.24, 2.45) is 0 Å². The van der Waals surface area contributed by atoms with E-state index >= 15 is 0 Å². The van der Waals surface area contributed by atoms with Crippen molar-refractivity contribution in [3.63, 3.8) is 0 Å². The van der Waals surface area contributed by atoms with E-state index in [9.17, 15) is 4.79 Å². The summed E-state index contributed by atoms with van der Waals surface area (Å²) in [7, 11) is 1.64. The number of hydrogen-bond acceptors (Lipinski definition) is 3. The molecule has 0 saturated carbocycles. The molecule has 3 heteroatoms. The van der Waals surface area contributed by atoms with E-state index in [1.807, 2.05) is 45.0 Å². The molecule has 2 aromatic rings. The summed E-state index contributed by atoms with van der Waals surface area (Å²) in [4.78, 5) is 12.3. The van der Waals surface area contributed by atoms with Crippen molar-refractivity contribution in [2.75, 3.05) is 7.11 Å². The van der Waals surface area contributed by atoms with Gasteiger partial charge in [-0.15, -0.1) is 0 Å². The highest BCUT2D eigenvalue weighted by Gasteiger charge is 2.18. The summed E-state index contributed by atoms with van der Waals surface area (Å²) in [6.45, 7) is 5.68. The molecule has 20 heavy (non-hydrogen) atoms. The van der Waals surface area contributed by atoms with E-state index in [0.29, 0.717) is 6.42 Å². The van der Waals surface area contributed by atoms with Gasteiger partial charge in [0, 0.05) is 12.0 Å². The van der Waals surface area contributed by atoms with Crippen molar-refractivity contribution in [3.05, 3.63) is 52.5 Å². The zero-order valence-corrected chi connectivity index (χ0v) is 12.4. The molecule has 0 aliphatic heterocycles. The predicted molar refractivity (Wildman–Crippen MR) is 78.6 cm³/mol. The fourth-order valence-corrected chi connectivity index (χ4v) is 2.38. The molecule has 0 atom stereocenters. The maximum atomic E-state index is 12.3. The lowest BCUT2D eigenvalue weighted by molar-refractivity contribution is 0.0981. The average molecular weight is 272 g/mol. The number of ether oxygens (including phenoxy) is 1. The Bertz CT molecular complexity index is 606. The van der Waals surface area contributed by atoms with Crippen LogP contribution < -0.4 is 4.74 Å². The fourth-order valence-electron chi connectivity index (χ4n) is 2.38. The van der Waals surface area contributed by atoms with E-state index in [-0.39, 0.29) is 5.78 Å². The van der Waals surface area contributed by atoms with Crippen molar-refractivity contribution in [3.8, 4) is 5.75 Å². The third kappa shape index (κ3) is 2.93. The van der Waals surface area contributed by atoms with Crippen LogP contribution in [0.3, 0.4) is 0 Å².